The number of allylic oxidation sites excluding steroid dienone is 2. The van der Waals surface area contributed by atoms with Crippen molar-refractivity contribution in [3.05, 3.63) is 37.0 Å². The van der Waals surface area contributed by atoms with Gasteiger partial charge in [-0.1, -0.05) is 38.3 Å². The summed E-state index contributed by atoms with van der Waals surface area (Å²) < 4.78 is 0. The highest BCUT2D eigenvalue weighted by atomic mass is 16.2. The van der Waals surface area contributed by atoms with Crippen molar-refractivity contribution >= 4 is 5.91 Å². The van der Waals surface area contributed by atoms with Crippen LogP contribution in [0.5, 0.6) is 0 Å². The minimum Gasteiger partial charge on any atom is -0.341 e. The summed E-state index contributed by atoms with van der Waals surface area (Å²) in [7, 11) is 1.78. The van der Waals surface area contributed by atoms with Crippen molar-refractivity contribution in [2.75, 3.05) is 13.6 Å². The lowest BCUT2D eigenvalue weighted by Gasteiger charge is -2.16. The van der Waals surface area contributed by atoms with Crippen LogP contribution in [-0.2, 0) is 4.79 Å². The summed E-state index contributed by atoms with van der Waals surface area (Å²) in [6, 6.07) is 0. The number of carbonyl (C=O) groups is 1. The van der Waals surface area contributed by atoms with Crippen LogP contribution in [0.25, 0.3) is 0 Å². The smallest absolute Gasteiger partial charge is 0.222 e. The largest absolute Gasteiger partial charge is 0.341 e. The average Bonchev–Trinajstić information content (AvgIpc) is 2.15. The van der Waals surface area contributed by atoms with Crippen LogP contribution in [0, 0.1) is 0 Å². The van der Waals surface area contributed by atoms with Crippen LogP contribution in [0.2, 0.25) is 0 Å². The van der Waals surface area contributed by atoms with Crippen molar-refractivity contribution in [2.24, 2.45) is 0 Å². The van der Waals surface area contributed by atoms with Gasteiger partial charge in [0.2, 0.25) is 5.91 Å². The normalized spacial score (nSPS) is 10.8. The molecule has 0 aliphatic heterocycles. The van der Waals surface area contributed by atoms with Crippen LogP contribution in [0.4, 0.5) is 0 Å². The highest BCUT2D eigenvalue weighted by molar-refractivity contribution is 5.75. The molecule has 0 saturated heterocycles. The second-order valence-electron chi connectivity index (χ2n) is 2.78. The molecular formula is C11H17NO. The summed E-state index contributed by atoms with van der Waals surface area (Å²) in [5.74, 6) is 0.136. The number of hydrogen-bond acceptors (Lipinski definition) is 1. The Morgan fingerprint density at radius 1 is 1.46 bits per heavy atom. The number of likely N-dealkylation sites (N-methyl/N-ethyl adjacent to an activating group) is 1. The van der Waals surface area contributed by atoms with Crippen LogP contribution < -0.4 is 0 Å². The summed E-state index contributed by atoms with van der Waals surface area (Å²) in [6.07, 6.45) is 5.82. The Morgan fingerprint density at radius 2 is 2.08 bits per heavy atom. The zero-order valence-corrected chi connectivity index (χ0v) is 8.42. The van der Waals surface area contributed by atoms with Gasteiger partial charge in [-0.25, -0.2) is 0 Å². The number of rotatable bonds is 5. The third-order valence-electron chi connectivity index (χ3n) is 1.74. The molecule has 1 amide bonds. The van der Waals surface area contributed by atoms with Crippen LogP contribution in [0.1, 0.15) is 13.3 Å². The van der Waals surface area contributed by atoms with Crippen molar-refractivity contribution in [3.63, 3.8) is 0 Å². The summed E-state index contributed by atoms with van der Waals surface area (Å²) in [6.45, 7) is 9.71. The molecule has 0 unspecified atom stereocenters. The van der Waals surface area contributed by atoms with Gasteiger partial charge < -0.3 is 4.90 Å². The first-order chi connectivity index (χ1) is 6.15. The van der Waals surface area contributed by atoms with E-state index in [1.807, 2.05) is 13.0 Å². The van der Waals surface area contributed by atoms with Crippen molar-refractivity contribution in [1.29, 1.82) is 0 Å². The Labute approximate surface area is 80.2 Å². The zero-order chi connectivity index (χ0) is 10.3. The van der Waals surface area contributed by atoms with Gasteiger partial charge in [0.25, 0.3) is 0 Å². The number of hydrogen-bond donors (Lipinski definition) is 0. The molecule has 0 radical (unpaired) electrons. The van der Waals surface area contributed by atoms with Crippen molar-refractivity contribution in [1.82, 2.24) is 4.90 Å². The maximum atomic E-state index is 11.2. The van der Waals surface area contributed by atoms with Crippen LogP contribution in [-0.4, -0.2) is 24.4 Å². The van der Waals surface area contributed by atoms with E-state index in [0.29, 0.717) is 13.0 Å². The monoisotopic (exact) mass is 179 g/mol. The molecule has 0 heterocycles. The summed E-state index contributed by atoms with van der Waals surface area (Å²) in [5.41, 5.74) is 0.999. The van der Waals surface area contributed by atoms with E-state index in [2.05, 4.69) is 13.2 Å². The Kier molecular flexibility index (Phi) is 5.60. The van der Waals surface area contributed by atoms with E-state index in [9.17, 15) is 4.79 Å². The van der Waals surface area contributed by atoms with Gasteiger partial charge in [0.1, 0.15) is 0 Å². The third kappa shape index (κ3) is 4.31. The highest BCUT2D eigenvalue weighted by Gasteiger charge is 2.05. The third-order valence-corrected chi connectivity index (χ3v) is 1.74. The fraction of sp³-hybridized carbons (Fsp3) is 0.364. The molecule has 13 heavy (non-hydrogen) atoms. The Bertz CT molecular complexity index is 228. The molecule has 0 aromatic rings. The second-order valence-corrected chi connectivity index (χ2v) is 2.78. The van der Waals surface area contributed by atoms with Crippen molar-refractivity contribution in [2.45, 2.75) is 13.3 Å². The van der Waals surface area contributed by atoms with Gasteiger partial charge in [-0.3, -0.25) is 4.79 Å². The molecule has 2 nitrogen and oxygen atoms in total. The molecule has 0 spiro atoms. The standard InChI is InChI=1S/C11H17NO/c1-5-8-10(6-2)9-12(4)11(13)7-3/h5-6,8H,1-2,7,9H2,3-4H3/b10-8+. The molecule has 0 aromatic heterocycles. The van der Waals surface area contributed by atoms with Gasteiger partial charge in [-0.15, -0.1) is 0 Å². The summed E-state index contributed by atoms with van der Waals surface area (Å²) in [4.78, 5) is 12.9. The first-order valence-corrected chi connectivity index (χ1v) is 4.33. The van der Waals surface area contributed by atoms with Gasteiger partial charge in [0.05, 0.1) is 0 Å². The second kappa shape index (κ2) is 6.23. The van der Waals surface area contributed by atoms with Crippen LogP contribution in [0.15, 0.2) is 37.0 Å². The predicted octanol–water partition coefficient (Wildman–Crippen LogP) is 2.15. The molecule has 2 heteroatoms. The van der Waals surface area contributed by atoms with Crippen LogP contribution in [0.3, 0.4) is 0 Å². The molecular weight excluding hydrogens is 162 g/mol. The topological polar surface area (TPSA) is 20.3 Å². The first-order valence-electron chi connectivity index (χ1n) is 4.33. The summed E-state index contributed by atoms with van der Waals surface area (Å²) in [5, 5.41) is 0. The number of amides is 1. The SMILES string of the molecule is C=C/C=C(\C=C)CN(C)C(=O)CC. The first kappa shape index (κ1) is 11.7. The van der Waals surface area contributed by atoms with E-state index in [0.717, 1.165) is 5.57 Å². The summed E-state index contributed by atoms with van der Waals surface area (Å²) >= 11 is 0. The van der Waals surface area contributed by atoms with Gasteiger partial charge >= 0.3 is 0 Å². The van der Waals surface area contributed by atoms with E-state index in [4.69, 9.17) is 0 Å². The maximum Gasteiger partial charge on any atom is 0.222 e. The average molecular weight is 179 g/mol. The highest BCUT2D eigenvalue weighted by Crippen LogP contribution is 2.00. The molecule has 0 atom stereocenters. The minimum absolute atomic E-state index is 0.136. The number of carbonyl (C=O) groups excluding carboxylic acids is 1. The van der Waals surface area contributed by atoms with Gasteiger partial charge in [0.15, 0.2) is 0 Å². The molecule has 0 rings (SSSR count). The fourth-order valence-electron chi connectivity index (χ4n) is 0.969. The predicted molar refractivity (Wildman–Crippen MR) is 56.4 cm³/mol. The van der Waals surface area contributed by atoms with E-state index in [1.54, 1.807) is 24.1 Å². The lowest BCUT2D eigenvalue weighted by molar-refractivity contribution is -0.129. The van der Waals surface area contributed by atoms with E-state index >= 15 is 0 Å². The quantitative estimate of drug-likeness (QED) is 0.592. The fourth-order valence-corrected chi connectivity index (χ4v) is 0.969. The molecule has 0 aliphatic rings. The molecule has 0 bridgehead atoms. The van der Waals surface area contributed by atoms with Crippen LogP contribution >= 0.6 is 0 Å². The van der Waals surface area contributed by atoms with Gasteiger partial charge in [-0.2, -0.15) is 0 Å². The molecule has 0 saturated carbocycles. The lowest BCUT2D eigenvalue weighted by Crippen LogP contribution is -2.27. The van der Waals surface area contributed by atoms with Crippen molar-refractivity contribution in [3.8, 4) is 0 Å². The van der Waals surface area contributed by atoms with Gasteiger partial charge in [0, 0.05) is 20.0 Å². The Morgan fingerprint density at radius 3 is 2.46 bits per heavy atom. The molecule has 72 valence electrons. The molecule has 0 N–H and O–H groups in total. The Hall–Kier alpha value is -1.31. The van der Waals surface area contributed by atoms with E-state index in [-0.39, 0.29) is 5.91 Å². The van der Waals surface area contributed by atoms with Crippen molar-refractivity contribution < 1.29 is 4.79 Å². The Balaban J connectivity index is 4.24. The number of nitrogens with zero attached hydrogens (tertiary/aromatic N) is 1. The minimum atomic E-state index is 0.136. The van der Waals surface area contributed by atoms with Gasteiger partial charge in [-0.05, 0) is 5.57 Å². The zero-order valence-electron chi connectivity index (χ0n) is 8.42. The maximum absolute atomic E-state index is 11.2. The van der Waals surface area contributed by atoms with E-state index in [1.165, 1.54) is 0 Å². The van der Waals surface area contributed by atoms with E-state index < -0.39 is 0 Å². The molecule has 0 fully saturated rings. The molecule has 0 aromatic carbocycles. The lowest BCUT2D eigenvalue weighted by atomic mass is 10.2. The molecule has 0 aliphatic carbocycles.